The molecule has 0 unspecified atom stereocenters. The van der Waals surface area contributed by atoms with E-state index in [0.29, 0.717) is 10.7 Å². The van der Waals surface area contributed by atoms with Gasteiger partial charge in [0.15, 0.2) is 0 Å². The molecule has 0 saturated heterocycles. The van der Waals surface area contributed by atoms with Crippen molar-refractivity contribution < 1.29 is 19.4 Å². The van der Waals surface area contributed by atoms with Crippen LogP contribution in [0, 0.1) is 31.6 Å². The summed E-state index contributed by atoms with van der Waals surface area (Å²) in [5, 5.41) is 34.8. The Morgan fingerprint density at radius 1 is 1.00 bits per heavy atom. The predicted octanol–water partition coefficient (Wildman–Crippen LogP) is 5.49. The van der Waals surface area contributed by atoms with Crippen LogP contribution < -0.4 is 10.1 Å². The van der Waals surface area contributed by atoms with Gasteiger partial charge in [0, 0.05) is 22.3 Å². The van der Waals surface area contributed by atoms with Gasteiger partial charge in [0.2, 0.25) is 5.75 Å². The number of halogens is 1. The van der Waals surface area contributed by atoms with Crippen LogP contribution in [0.25, 0.3) is 6.08 Å². The number of non-ortho nitro benzene ring substituents is 1. The molecule has 1 amide bonds. The topological polar surface area (TPSA) is 148 Å². The molecule has 3 aromatic carbocycles. The number of nitrogens with zero attached hydrogens (tertiary/aromatic N) is 3. The molecule has 3 aromatic rings. The molecule has 0 radical (unpaired) electrons. The molecule has 0 saturated carbocycles. The third-order valence-electron chi connectivity index (χ3n) is 4.26. The molecular formula is C22H13ClN4O6. The van der Waals surface area contributed by atoms with Crippen LogP contribution in [0.1, 0.15) is 5.56 Å². The number of rotatable bonds is 7. The number of ether oxygens (including phenoxy) is 1. The van der Waals surface area contributed by atoms with E-state index in [1.807, 2.05) is 0 Å². The first-order chi connectivity index (χ1) is 15.8. The van der Waals surface area contributed by atoms with Crippen molar-refractivity contribution in [1.82, 2.24) is 0 Å². The Bertz CT molecular complexity index is 1320. The molecule has 11 heteroatoms. The Labute approximate surface area is 191 Å². The van der Waals surface area contributed by atoms with Crippen molar-refractivity contribution in [2.24, 2.45) is 0 Å². The Balaban J connectivity index is 1.92. The largest absolute Gasteiger partial charge is 0.449 e. The lowest BCUT2D eigenvalue weighted by Gasteiger charge is -2.10. The van der Waals surface area contributed by atoms with E-state index in [9.17, 15) is 30.3 Å². The Kier molecular flexibility index (Phi) is 6.97. The van der Waals surface area contributed by atoms with Crippen molar-refractivity contribution in [3.63, 3.8) is 0 Å². The molecule has 0 aliphatic carbocycles. The molecule has 33 heavy (non-hydrogen) atoms. The van der Waals surface area contributed by atoms with Crippen LogP contribution in [0.5, 0.6) is 11.5 Å². The predicted molar refractivity (Wildman–Crippen MR) is 120 cm³/mol. The van der Waals surface area contributed by atoms with Gasteiger partial charge in [-0.15, -0.1) is 0 Å². The van der Waals surface area contributed by atoms with Crippen molar-refractivity contribution in [1.29, 1.82) is 5.26 Å². The summed E-state index contributed by atoms with van der Waals surface area (Å²) in [6.07, 6.45) is 1.26. The van der Waals surface area contributed by atoms with E-state index in [1.54, 1.807) is 48.5 Å². The fraction of sp³-hybridized carbons (Fsp3) is 0. The molecule has 0 spiro atoms. The lowest BCUT2D eigenvalue weighted by molar-refractivity contribution is -0.394. The molecule has 0 heterocycles. The fourth-order valence-electron chi connectivity index (χ4n) is 2.70. The number of hydrogen-bond acceptors (Lipinski definition) is 7. The molecule has 0 aromatic heterocycles. The summed E-state index contributed by atoms with van der Waals surface area (Å²) in [7, 11) is 0. The van der Waals surface area contributed by atoms with Crippen LogP contribution >= 0.6 is 11.6 Å². The van der Waals surface area contributed by atoms with Crippen LogP contribution in [0.2, 0.25) is 5.02 Å². The molecule has 0 aliphatic rings. The first kappa shape index (κ1) is 22.9. The summed E-state index contributed by atoms with van der Waals surface area (Å²) in [6.45, 7) is 0. The number of amides is 1. The molecular weight excluding hydrogens is 452 g/mol. The normalized spacial score (nSPS) is 10.7. The van der Waals surface area contributed by atoms with Gasteiger partial charge in [-0.25, -0.2) is 0 Å². The maximum atomic E-state index is 12.5. The zero-order chi connectivity index (χ0) is 24.0. The van der Waals surface area contributed by atoms with Gasteiger partial charge in [-0.05, 0) is 42.5 Å². The van der Waals surface area contributed by atoms with E-state index in [2.05, 4.69) is 5.32 Å². The third kappa shape index (κ3) is 5.69. The standard InChI is InChI=1S/C22H13ClN4O6/c23-16-5-7-17(8-6-16)25-22(28)15(13-24)11-14-3-1-2-4-20(14)33-21-10-9-18(26(29)30)12-19(21)27(31)32/h1-12H,(H,25,28)/b15-11+. The first-order valence-corrected chi connectivity index (χ1v) is 9.54. The number of nitro benzene ring substituents is 2. The van der Waals surface area contributed by atoms with Crippen molar-refractivity contribution in [3.8, 4) is 17.6 Å². The zero-order valence-electron chi connectivity index (χ0n) is 16.6. The SMILES string of the molecule is N#C/C(=C\c1ccccc1Oc1ccc([N+](=O)[O-])cc1[N+](=O)[O-])C(=O)Nc1ccc(Cl)cc1. The molecule has 0 aliphatic heterocycles. The van der Waals surface area contributed by atoms with Crippen molar-refractivity contribution in [3.05, 3.63) is 103 Å². The summed E-state index contributed by atoms with van der Waals surface area (Å²) in [4.78, 5) is 33.2. The van der Waals surface area contributed by atoms with Crippen LogP contribution in [0.3, 0.4) is 0 Å². The summed E-state index contributed by atoms with van der Waals surface area (Å²) in [6, 6.07) is 17.3. The minimum absolute atomic E-state index is 0.0986. The Hall–Kier alpha value is -4.75. The van der Waals surface area contributed by atoms with E-state index in [4.69, 9.17) is 16.3 Å². The number of anilines is 1. The van der Waals surface area contributed by atoms with E-state index in [1.165, 1.54) is 12.1 Å². The number of nitro groups is 2. The number of carbonyl (C=O) groups is 1. The maximum absolute atomic E-state index is 12.5. The lowest BCUT2D eigenvalue weighted by Crippen LogP contribution is -2.13. The zero-order valence-corrected chi connectivity index (χ0v) is 17.4. The number of benzene rings is 3. The molecule has 1 N–H and O–H groups in total. The Morgan fingerprint density at radius 3 is 2.33 bits per heavy atom. The van der Waals surface area contributed by atoms with E-state index < -0.39 is 27.1 Å². The quantitative estimate of drug-likeness (QED) is 0.210. The van der Waals surface area contributed by atoms with Gasteiger partial charge in [0.25, 0.3) is 11.6 Å². The molecule has 164 valence electrons. The minimum atomic E-state index is -0.805. The average molecular weight is 465 g/mol. The molecule has 0 bridgehead atoms. The van der Waals surface area contributed by atoms with Gasteiger partial charge in [0.1, 0.15) is 17.4 Å². The molecule has 0 atom stereocenters. The van der Waals surface area contributed by atoms with Crippen LogP contribution in [-0.2, 0) is 4.79 Å². The highest BCUT2D eigenvalue weighted by molar-refractivity contribution is 6.30. The summed E-state index contributed by atoms with van der Waals surface area (Å²) >= 11 is 5.82. The fourth-order valence-corrected chi connectivity index (χ4v) is 2.82. The first-order valence-electron chi connectivity index (χ1n) is 9.17. The van der Waals surface area contributed by atoms with Crippen LogP contribution in [0.15, 0.2) is 72.3 Å². The minimum Gasteiger partial charge on any atom is -0.449 e. The second-order valence-electron chi connectivity index (χ2n) is 6.44. The average Bonchev–Trinajstić information content (AvgIpc) is 2.79. The Morgan fingerprint density at radius 2 is 1.70 bits per heavy atom. The summed E-state index contributed by atoms with van der Waals surface area (Å²) in [5.41, 5.74) is -0.611. The number of carbonyl (C=O) groups excluding carboxylic acids is 1. The third-order valence-corrected chi connectivity index (χ3v) is 4.51. The highest BCUT2D eigenvalue weighted by Gasteiger charge is 2.22. The highest BCUT2D eigenvalue weighted by Crippen LogP contribution is 2.36. The second-order valence-corrected chi connectivity index (χ2v) is 6.87. The second kappa shape index (κ2) is 10.0. The van der Waals surface area contributed by atoms with E-state index in [-0.39, 0.29) is 22.6 Å². The lowest BCUT2D eigenvalue weighted by atomic mass is 10.1. The van der Waals surface area contributed by atoms with Gasteiger partial charge in [0.05, 0.1) is 15.9 Å². The summed E-state index contributed by atoms with van der Waals surface area (Å²) < 4.78 is 5.63. The van der Waals surface area contributed by atoms with Gasteiger partial charge < -0.3 is 10.1 Å². The molecule has 3 rings (SSSR count). The van der Waals surface area contributed by atoms with Crippen LogP contribution in [0.4, 0.5) is 17.1 Å². The van der Waals surface area contributed by atoms with Crippen molar-refractivity contribution >= 4 is 40.6 Å². The van der Waals surface area contributed by atoms with Gasteiger partial charge >= 0.3 is 5.69 Å². The maximum Gasteiger partial charge on any atom is 0.318 e. The van der Waals surface area contributed by atoms with E-state index in [0.717, 1.165) is 18.2 Å². The van der Waals surface area contributed by atoms with Crippen molar-refractivity contribution in [2.45, 2.75) is 0 Å². The van der Waals surface area contributed by atoms with Gasteiger partial charge in [-0.1, -0.05) is 29.8 Å². The highest BCUT2D eigenvalue weighted by atomic mass is 35.5. The number of hydrogen-bond donors (Lipinski definition) is 1. The van der Waals surface area contributed by atoms with Gasteiger partial charge in [-0.3, -0.25) is 25.0 Å². The smallest absolute Gasteiger partial charge is 0.318 e. The van der Waals surface area contributed by atoms with Crippen molar-refractivity contribution in [2.75, 3.05) is 5.32 Å². The van der Waals surface area contributed by atoms with Gasteiger partial charge in [-0.2, -0.15) is 5.26 Å². The summed E-state index contributed by atoms with van der Waals surface area (Å²) in [5.74, 6) is -0.826. The molecule has 10 nitrogen and oxygen atoms in total. The number of para-hydroxylation sites is 1. The van der Waals surface area contributed by atoms with E-state index >= 15 is 0 Å². The van der Waals surface area contributed by atoms with Crippen LogP contribution in [-0.4, -0.2) is 15.8 Å². The number of nitrogens with one attached hydrogen (secondary N) is 1. The molecule has 0 fully saturated rings. The number of nitriles is 1. The monoisotopic (exact) mass is 464 g/mol.